The molecule has 1 aromatic rings. The Morgan fingerprint density at radius 3 is 2.89 bits per heavy atom. The van der Waals surface area contributed by atoms with Crippen molar-refractivity contribution >= 4 is 0 Å². The Balaban J connectivity index is 1.91. The van der Waals surface area contributed by atoms with Crippen LogP contribution in [-0.4, -0.2) is 31.7 Å². The summed E-state index contributed by atoms with van der Waals surface area (Å²) >= 11 is 0. The van der Waals surface area contributed by atoms with Crippen molar-refractivity contribution in [1.82, 2.24) is 4.90 Å². The van der Waals surface area contributed by atoms with Crippen molar-refractivity contribution in [1.29, 1.82) is 0 Å². The summed E-state index contributed by atoms with van der Waals surface area (Å²) in [5.41, 5.74) is 4.27. The van der Waals surface area contributed by atoms with Gasteiger partial charge in [0, 0.05) is 26.8 Å². The van der Waals surface area contributed by atoms with E-state index in [1.165, 1.54) is 49.0 Å². The number of likely N-dealkylation sites (tertiary alicyclic amines) is 1. The van der Waals surface area contributed by atoms with E-state index < -0.39 is 0 Å². The molecule has 0 bridgehead atoms. The maximum absolute atomic E-state index is 5.21. The van der Waals surface area contributed by atoms with Crippen molar-refractivity contribution in [2.45, 2.75) is 39.7 Å². The average molecular weight is 261 g/mol. The van der Waals surface area contributed by atoms with E-state index >= 15 is 0 Å². The van der Waals surface area contributed by atoms with Crippen LogP contribution in [0.3, 0.4) is 0 Å². The molecule has 0 unspecified atom stereocenters. The third kappa shape index (κ3) is 4.32. The zero-order valence-electron chi connectivity index (χ0n) is 12.6. The smallest absolute Gasteiger partial charge is 0.0465 e. The van der Waals surface area contributed by atoms with Crippen LogP contribution < -0.4 is 0 Å². The van der Waals surface area contributed by atoms with E-state index in [2.05, 4.69) is 36.9 Å². The second kappa shape index (κ2) is 7.06. The molecule has 1 aliphatic rings. The van der Waals surface area contributed by atoms with Crippen LogP contribution in [0.25, 0.3) is 0 Å². The number of hydrogen-bond acceptors (Lipinski definition) is 2. The third-order valence-corrected chi connectivity index (χ3v) is 4.23. The summed E-state index contributed by atoms with van der Waals surface area (Å²) in [6.45, 7) is 8.89. The molecule has 1 atom stereocenters. The molecular formula is C17H27NO. The van der Waals surface area contributed by atoms with Gasteiger partial charge in [-0.15, -0.1) is 0 Å². The Morgan fingerprint density at radius 2 is 2.16 bits per heavy atom. The lowest BCUT2D eigenvalue weighted by Gasteiger charge is -2.33. The molecule has 2 rings (SSSR count). The molecule has 1 aromatic carbocycles. The van der Waals surface area contributed by atoms with Gasteiger partial charge in [0.05, 0.1) is 0 Å². The van der Waals surface area contributed by atoms with Gasteiger partial charge in [-0.25, -0.2) is 0 Å². The minimum Gasteiger partial charge on any atom is -0.385 e. The van der Waals surface area contributed by atoms with Crippen LogP contribution >= 0.6 is 0 Å². The first-order chi connectivity index (χ1) is 9.19. The molecule has 2 nitrogen and oxygen atoms in total. The number of piperidine rings is 1. The summed E-state index contributed by atoms with van der Waals surface area (Å²) in [4.78, 5) is 2.61. The molecule has 1 aliphatic heterocycles. The van der Waals surface area contributed by atoms with Crippen LogP contribution in [0.5, 0.6) is 0 Å². The number of benzene rings is 1. The van der Waals surface area contributed by atoms with Crippen molar-refractivity contribution < 1.29 is 4.74 Å². The monoisotopic (exact) mass is 261 g/mol. The number of ether oxygens (including phenoxy) is 1. The highest BCUT2D eigenvalue weighted by atomic mass is 16.5. The van der Waals surface area contributed by atoms with Crippen molar-refractivity contribution in [3.63, 3.8) is 0 Å². The highest BCUT2D eigenvalue weighted by Gasteiger charge is 2.19. The molecule has 1 heterocycles. The molecule has 0 saturated carbocycles. The summed E-state index contributed by atoms with van der Waals surface area (Å²) in [6, 6.07) is 6.82. The maximum Gasteiger partial charge on any atom is 0.0465 e. The maximum atomic E-state index is 5.21. The molecule has 0 spiro atoms. The number of hydrogen-bond donors (Lipinski definition) is 0. The zero-order chi connectivity index (χ0) is 13.7. The molecule has 0 radical (unpaired) electrons. The fourth-order valence-corrected chi connectivity index (χ4v) is 3.08. The second-order valence-corrected chi connectivity index (χ2v) is 5.95. The van der Waals surface area contributed by atoms with E-state index in [1.54, 1.807) is 7.11 Å². The Labute approximate surface area is 117 Å². The van der Waals surface area contributed by atoms with Gasteiger partial charge in [-0.2, -0.15) is 0 Å². The molecule has 2 heteroatoms. The third-order valence-electron chi connectivity index (χ3n) is 4.23. The highest BCUT2D eigenvalue weighted by Crippen LogP contribution is 2.22. The molecule has 19 heavy (non-hydrogen) atoms. The predicted molar refractivity (Wildman–Crippen MR) is 80.4 cm³/mol. The van der Waals surface area contributed by atoms with Crippen LogP contribution in [0.4, 0.5) is 0 Å². The van der Waals surface area contributed by atoms with E-state index in [9.17, 15) is 0 Å². The van der Waals surface area contributed by atoms with E-state index in [1.807, 2.05) is 0 Å². The summed E-state index contributed by atoms with van der Waals surface area (Å²) in [5, 5.41) is 0. The van der Waals surface area contributed by atoms with E-state index in [0.717, 1.165) is 19.1 Å². The minimum atomic E-state index is 0.819. The highest BCUT2D eigenvalue weighted by molar-refractivity contribution is 5.30. The summed E-state index contributed by atoms with van der Waals surface area (Å²) < 4.78 is 5.21. The van der Waals surface area contributed by atoms with E-state index in [4.69, 9.17) is 4.74 Å². The average Bonchev–Trinajstić information content (AvgIpc) is 2.40. The first-order valence-corrected chi connectivity index (χ1v) is 7.46. The van der Waals surface area contributed by atoms with Crippen LogP contribution in [0, 0.1) is 19.8 Å². The van der Waals surface area contributed by atoms with Gasteiger partial charge in [0.25, 0.3) is 0 Å². The Hall–Kier alpha value is -0.860. The van der Waals surface area contributed by atoms with Crippen LogP contribution in [-0.2, 0) is 11.3 Å². The second-order valence-electron chi connectivity index (χ2n) is 5.95. The Kier molecular flexibility index (Phi) is 5.41. The topological polar surface area (TPSA) is 12.5 Å². The molecule has 0 N–H and O–H groups in total. The van der Waals surface area contributed by atoms with Gasteiger partial charge in [0.15, 0.2) is 0 Å². The van der Waals surface area contributed by atoms with Gasteiger partial charge in [-0.1, -0.05) is 23.8 Å². The molecule has 0 amide bonds. The quantitative estimate of drug-likeness (QED) is 0.803. The Morgan fingerprint density at radius 1 is 1.32 bits per heavy atom. The predicted octanol–water partition coefficient (Wildman–Crippen LogP) is 3.55. The van der Waals surface area contributed by atoms with Gasteiger partial charge in [0.1, 0.15) is 0 Å². The molecule has 0 aliphatic carbocycles. The van der Waals surface area contributed by atoms with Crippen molar-refractivity contribution in [3.8, 4) is 0 Å². The van der Waals surface area contributed by atoms with Crippen molar-refractivity contribution in [3.05, 3.63) is 34.9 Å². The fraction of sp³-hybridized carbons (Fsp3) is 0.647. The van der Waals surface area contributed by atoms with Gasteiger partial charge >= 0.3 is 0 Å². The van der Waals surface area contributed by atoms with E-state index in [0.29, 0.717) is 0 Å². The molecule has 0 aromatic heterocycles. The fourth-order valence-electron chi connectivity index (χ4n) is 3.08. The lowest BCUT2D eigenvalue weighted by atomic mass is 9.94. The largest absolute Gasteiger partial charge is 0.385 e. The molecule has 106 valence electrons. The van der Waals surface area contributed by atoms with Gasteiger partial charge in [-0.3, -0.25) is 4.90 Å². The summed E-state index contributed by atoms with van der Waals surface area (Å²) in [6.07, 6.45) is 3.91. The first kappa shape index (κ1) is 14.5. The number of rotatable bonds is 5. The van der Waals surface area contributed by atoms with Crippen molar-refractivity contribution in [2.24, 2.45) is 5.92 Å². The standard InChI is InChI=1S/C17H27NO/c1-14-6-7-17(15(2)11-14)13-18-9-4-5-16(12-18)8-10-19-3/h6-7,11,16H,4-5,8-10,12-13H2,1-3H3/t16-/m1/s1. The number of aryl methyl sites for hydroxylation is 2. The van der Waals surface area contributed by atoms with Crippen LogP contribution in [0.15, 0.2) is 18.2 Å². The zero-order valence-corrected chi connectivity index (χ0v) is 12.6. The summed E-state index contributed by atoms with van der Waals surface area (Å²) in [7, 11) is 1.80. The normalized spacial score (nSPS) is 20.7. The summed E-state index contributed by atoms with van der Waals surface area (Å²) in [5.74, 6) is 0.819. The lowest BCUT2D eigenvalue weighted by molar-refractivity contribution is 0.123. The molecule has 1 saturated heterocycles. The van der Waals surface area contributed by atoms with Crippen molar-refractivity contribution in [2.75, 3.05) is 26.8 Å². The lowest BCUT2D eigenvalue weighted by Crippen LogP contribution is -2.35. The van der Waals surface area contributed by atoms with Gasteiger partial charge < -0.3 is 4.74 Å². The SMILES string of the molecule is COCC[C@H]1CCCN(Cc2ccc(C)cc2C)C1. The van der Waals surface area contributed by atoms with E-state index in [-0.39, 0.29) is 0 Å². The number of nitrogens with zero attached hydrogens (tertiary/aromatic N) is 1. The first-order valence-electron chi connectivity index (χ1n) is 7.46. The van der Waals surface area contributed by atoms with Gasteiger partial charge in [0.2, 0.25) is 0 Å². The van der Waals surface area contributed by atoms with Crippen LogP contribution in [0.1, 0.15) is 36.0 Å². The Bertz CT molecular complexity index is 402. The molecule has 1 fully saturated rings. The molecular weight excluding hydrogens is 234 g/mol. The van der Waals surface area contributed by atoms with Gasteiger partial charge in [-0.05, 0) is 56.7 Å². The minimum absolute atomic E-state index is 0.819. The number of methoxy groups -OCH3 is 1. The van der Waals surface area contributed by atoms with Crippen LogP contribution in [0.2, 0.25) is 0 Å².